The zero-order valence-corrected chi connectivity index (χ0v) is 17.5. The Morgan fingerprint density at radius 1 is 1.07 bits per heavy atom. The number of carbonyl (C=O) groups excluding carboxylic acids is 1. The summed E-state index contributed by atoms with van der Waals surface area (Å²) in [5, 5.41) is 19.1. The maximum Gasteiger partial charge on any atom is 0.303 e. The minimum Gasteiger partial charge on any atom is -0.481 e. The molecule has 1 saturated carbocycles. The molecule has 0 aromatic rings. The first-order chi connectivity index (χ1) is 13.5. The molecule has 4 atom stereocenters. The highest BCUT2D eigenvalue weighted by Crippen LogP contribution is 2.37. The third-order valence-electron chi connectivity index (χ3n) is 5.56. The van der Waals surface area contributed by atoms with E-state index in [0.29, 0.717) is 19.3 Å². The number of carboxylic acid groups (broad SMARTS) is 1. The van der Waals surface area contributed by atoms with Crippen LogP contribution in [0, 0.1) is 11.8 Å². The molecule has 1 fully saturated rings. The summed E-state index contributed by atoms with van der Waals surface area (Å²) in [6.45, 7) is 2.18. The van der Waals surface area contributed by atoms with Crippen LogP contribution in [0.25, 0.3) is 0 Å². The van der Waals surface area contributed by atoms with Crippen LogP contribution in [0.1, 0.15) is 77.6 Å². The van der Waals surface area contributed by atoms with Crippen LogP contribution in [-0.4, -0.2) is 41.3 Å². The van der Waals surface area contributed by atoms with Gasteiger partial charge in [-0.3, -0.25) is 9.59 Å². The fourth-order valence-electron chi connectivity index (χ4n) is 3.90. The van der Waals surface area contributed by atoms with Gasteiger partial charge in [0, 0.05) is 32.3 Å². The molecule has 5 nitrogen and oxygen atoms in total. The number of aliphatic hydroxyl groups excluding tert-OH is 1. The molecule has 0 bridgehead atoms. The molecule has 0 radical (unpaired) electrons. The summed E-state index contributed by atoms with van der Waals surface area (Å²) in [4.78, 5) is 22.7. The quantitative estimate of drug-likeness (QED) is 0.239. The van der Waals surface area contributed by atoms with Crippen molar-refractivity contribution in [1.29, 1.82) is 0 Å². The van der Waals surface area contributed by atoms with E-state index in [4.69, 9.17) is 9.84 Å². The van der Waals surface area contributed by atoms with Crippen molar-refractivity contribution in [2.45, 2.75) is 89.8 Å². The minimum atomic E-state index is -0.771. The first kappa shape index (κ1) is 24.6. The van der Waals surface area contributed by atoms with Crippen molar-refractivity contribution in [1.82, 2.24) is 0 Å². The van der Waals surface area contributed by atoms with Gasteiger partial charge >= 0.3 is 5.97 Å². The molecular weight excluding hydrogens is 356 g/mol. The Bertz CT molecular complexity index is 511. The number of methoxy groups -OCH3 is 1. The summed E-state index contributed by atoms with van der Waals surface area (Å²) < 4.78 is 5.55. The van der Waals surface area contributed by atoms with E-state index in [9.17, 15) is 14.7 Å². The predicted octanol–water partition coefficient (Wildman–Crippen LogP) is 4.69. The normalized spacial score (nSPS) is 25.1. The summed E-state index contributed by atoms with van der Waals surface area (Å²) in [6, 6.07) is 0. The van der Waals surface area contributed by atoms with Gasteiger partial charge in [0.15, 0.2) is 5.78 Å². The number of hydrogen-bond donors (Lipinski definition) is 2. The molecule has 28 heavy (non-hydrogen) atoms. The number of rotatable bonds is 15. The van der Waals surface area contributed by atoms with Crippen molar-refractivity contribution in [3.05, 3.63) is 24.3 Å². The lowest BCUT2D eigenvalue weighted by atomic mass is 9.89. The summed E-state index contributed by atoms with van der Waals surface area (Å²) >= 11 is 0. The van der Waals surface area contributed by atoms with Crippen LogP contribution in [0.2, 0.25) is 0 Å². The first-order valence-electron chi connectivity index (χ1n) is 10.8. The molecule has 0 spiro atoms. The van der Waals surface area contributed by atoms with E-state index in [0.717, 1.165) is 25.7 Å². The Morgan fingerprint density at radius 3 is 2.50 bits per heavy atom. The standard InChI is InChI=1S/C23H38O5/c1-3-4-5-6-9-12-18(24)15-16-19-20(22(28-2)17-21(19)25)13-10-7-8-11-14-23(26)27/h7,10,15-16,19-22,25H,3-6,8-9,11-14,17H2,1-2H3,(H,26,27). The van der Waals surface area contributed by atoms with Crippen molar-refractivity contribution in [2.24, 2.45) is 11.8 Å². The summed E-state index contributed by atoms with van der Waals surface area (Å²) in [7, 11) is 1.66. The Kier molecular flexibility index (Phi) is 12.8. The molecule has 5 heteroatoms. The van der Waals surface area contributed by atoms with Gasteiger partial charge in [-0.15, -0.1) is 0 Å². The number of aliphatic carboxylic acids is 1. The van der Waals surface area contributed by atoms with Gasteiger partial charge in [-0.05, 0) is 37.7 Å². The molecule has 0 amide bonds. The zero-order chi connectivity index (χ0) is 20.8. The van der Waals surface area contributed by atoms with Crippen LogP contribution < -0.4 is 0 Å². The molecule has 1 rings (SSSR count). The second kappa shape index (κ2) is 14.5. The highest BCUT2D eigenvalue weighted by atomic mass is 16.5. The number of unbranched alkanes of at least 4 members (excludes halogenated alkanes) is 5. The first-order valence-corrected chi connectivity index (χ1v) is 10.8. The van der Waals surface area contributed by atoms with Crippen LogP contribution in [-0.2, 0) is 14.3 Å². The average molecular weight is 395 g/mol. The Hall–Kier alpha value is -1.46. The second-order valence-corrected chi connectivity index (χ2v) is 7.80. The number of carbonyl (C=O) groups is 2. The van der Waals surface area contributed by atoms with Crippen LogP contribution in [0.15, 0.2) is 24.3 Å². The number of ether oxygens (including phenoxy) is 1. The van der Waals surface area contributed by atoms with E-state index < -0.39 is 12.1 Å². The van der Waals surface area contributed by atoms with Gasteiger partial charge in [0.05, 0.1) is 12.2 Å². The van der Waals surface area contributed by atoms with Gasteiger partial charge in [0.25, 0.3) is 0 Å². The highest BCUT2D eigenvalue weighted by molar-refractivity contribution is 5.89. The number of ketones is 1. The summed E-state index contributed by atoms with van der Waals surface area (Å²) in [6.07, 6.45) is 16.1. The molecule has 0 saturated heterocycles. The lowest BCUT2D eigenvalue weighted by Crippen LogP contribution is -2.21. The van der Waals surface area contributed by atoms with Gasteiger partial charge in [-0.25, -0.2) is 0 Å². The third kappa shape index (κ3) is 9.65. The van der Waals surface area contributed by atoms with Crippen LogP contribution in [0.5, 0.6) is 0 Å². The number of allylic oxidation sites excluding steroid dienone is 3. The Labute approximate surface area is 169 Å². The summed E-state index contributed by atoms with van der Waals surface area (Å²) in [5.74, 6) is -0.596. The largest absolute Gasteiger partial charge is 0.481 e. The molecule has 4 unspecified atom stereocenters. The molecule has 1 aliphatic rings. The van der Waals surface area contributed by atoms with Crippen LogP contribution in [0.4, 0.5) is 0 Å². The number of carboxylic acids is 1. The van der Waals surface area contributed by atoms with Gasteiger partial charge < -0.3 is 14.9 Å². The maximum absolute atomic E-state index is 12.1. The van der Waals surface area contributed by atoms with Crippen LogP contribution in [0.3, 0.4) is 0 Å². The molecule has 0 aromatic carbocycles. The average Bonchev–Trinajstić information content (AvgIpc) is 2.97. The zero-order valence-electron chi connectivity index (χ0n) is 17.5. The van der Waals surface area contributed by atoms with Gasteiger partial charge in [0.2, 0.25) is 0 Å². The molecule has 1 aliphatic carbocycles. The number of hydrogen-bond acceptors (Lipinski definition) is 4. The van der Waals surface area contributed by atoms with Crippen LogP contribution >= 0.6 is 0 Å². The molecule has 2 N–H and O–H groups in total. The molecule has 160 valence electrons. The van der Waals surface area contributed by atoms with Crippen molar-refractivity contribution in [3.8, 4) is 0 Å². The van der Waals surface area contributed by atoms with Gasteiger partial charge in [0.1, 0.15) is 0 Å². The van der Waals surface area contributed by atoms with E-state index >= 15 is 0 Å². The van der Waals surface area contributed by atoms with E-state index in [1.165, 1.54) is 19.3 Å². The Balaban J connectivity index is 2.50. The molecule has 0 heterocycles. The molecule has 0 aliphatic heterocycles. The lowest BCUT2D eigenvalue weighted by Gasteiger charge is -2.21. The van der Waals surface area contributed by atoms with Crippen molar-refractivity contribution < 1.29 is 24.5 Å². The smallest absolute Gasteiger partial charge is 0.303 e. The second-order valence-electron chi connectivity index (χ2n) is 7.80. The van der Waals surface area contributed by atoms with Crippen molar-refractivity contribution >= 4 is 11.8 Å². The maximum atomic E-state index is 12.1. The SMILES string of the molecule is CCCCCCCC(=O)C=CC1C(O)CC(OC)C1CC=CCCCC(=O)O. The lowest BCUT2D eigenvalue weighted by molar-refractivity contribution is -0.137. The van der Waals surface area contributed by atoms with Crippen molar-refractivity contribution in [2.75, 3.05) is 7.11 Å². The topological polar surface area (TPSA) is 83.8 Å². The van der Waals surface area contributed by atoms with E-state index in [1.807, 2.05) is 18.2 Å². The predicted molar refractivity (Wildman–Crippen MR) is 111 cm³/mol. The minimum absolute atomic E-state index is 0.0301. The summed E-state index contributed by atoms with van der Waals surface area (Å²) in [5.41, 5.74) is 0. The van der Waals surface area contributed by atoms with E-state index in [2.05, 4.69) is 6.92 Å². The highest BCUT2D eigenvalue weighted by Gasteiger charge is 2.40. The third-order valence-corrected chi connectivity index (χ3v) is 5.56. The molecular formula is C23H38O5. The van der Waals surface area contributed by atoms with E-state index in [-0.39, 0.29) is 30.1 Å². The van der Waals surface area contributed by atoms with E-state index in [1.54, 1.807) is 13.2 Å². The number of aliphatic hydroxyl groups is 1. The fraction of sp³-hybridized carbons (Fsp3) is 0.739. The Morgan fingerprint density at radius 2 is 1.82 bits per heavy atom. The fourth-order valence-corrected chi connectivity index (χ4v) is 3.90. The monoisotopic (exact) mass is 394 g/mol. The molecule has 0 aromatic heterocycles. The van der Waals surface area contributed by atoms with Gasteiger partial charge in [-0.2, -0.15) is 0 Å². The van der Waals surface area contributed by atoms with Crippen molar-refractivity contribution in [3.63, 3.8) is 0 Å². The van der Waals surface area contributed by atoms with Gasteiger partial charge in [-0.1, -0.05) is 50.8 Å².